The molecule has 7 heteroatoms. The van der Waals surface area contributed by atoms with Crippen LogP contribution in [0.25, 0.3) is 0 Å². The minimum Gasteiger partial charge on any atom is -0.399 e. The Labute approximate surface area is 189 Å². The molecule has 0 bridgehead atoms. The van der Waals surface area contributed by atoms with Gasteiger partial charge in [0.05, 0.1) is 10.1 Å². The minimum absolute atomic E-state index is 0.00590. The normalized spacial score (nSPS) is 11.6. The largest absolute Gasteiger partial charge is 0.399 e. The molecule has 0 saturated carbocycles. The molecular formula is C23H29N5S2. The molecule has 0 aliphatic carbocycles. The lowest BCUT2D eigenvalue weighted by atomic mass is 9.83. The molecule has 0 amide bonds. The number of thiol groups is 2. The maximum atomic E-state index is 5.86. The number of nitrogens with zero attached hydrogens (tertiary/aromatic N) is 2. The zero-order valence-corrected chi connectivity index (χ0v) is 19.0. The summed E-state index contributed by atoms with van der Waals surface area (Å²) in [6, 6.07) is 16.1. The summed E-state index contributed by atoms with van der Waals surface area (Å²) in [5.41, 5.74) is 10.1. The quantitative estimate of drug-likeness (QED) is 0.246. The van der Waals surface area contributed by atoms with Gasteiger partial charge in [0.15, 0.2) is 0 Å². The highest BCUT2D eigenvalue weighted by Gasteiger charge is 2.24. The number of benzene rings is 1. The van der Waals surface area contributed by atoms with Crippen molar-refractivity contribution in [3.63, 3.8) is 0 Å². The molecule has 3 rings (SSSR count). The number of aromatic nitrogens is 2. The van der Waals surface area contributed by atoms with E-state index in [1.165, 1.54) is 5.56 Å². The SMILES string of the molecule is CC(CNCc1cccnc1S)(CNCc1cccnc1S)Cc1ccc(N)cc1. The van der Waals surface area contributed by atoms with Crippen LogP contribution in [0.15, 0.2) is 71.0 Å². The number of nitrogens with two attached hydrogens (primary N) is 1. The van der Waals surface area contributed by atoms with Gasteiger partial charge in [-0.1, -0.05) is 31.2 Å². The molecule has 3 aromatic rings. The van der Waals surface area contributed by atoms with E-state index in [1.54, 1.807) is 12.4 Å². The van der Waals surface area contributed by atoms with E-state index in [2.05, 4.69) is 77.0 Å². The third-order valence-corrected chi connectivity index (χ3v) is 5.89. The molecule has 2 heterocycles. The molecule has 2 aromatic heterocycles. The molecule has 30 heavy (non-hydrogen) atoms. The highest BCUT2D eigenvalue weighted by Crippen LogP contribution is 2.23. The second kappa shape index (κ2) is 10.8. The molecule has 0 unspecified atom stereocenters. The van der Waals surface area contributed by atoms with Gasteiger partial charge in [-0.05, 0) is 52.8 Å². The van der Waals surface area contributed by atoms with Gasteiger partial charge in [-0.15, -0.1) is 25.3 Å². The van der Waals surface area contributed by atoms with Crippen LogP contribution in [0.1, 0.15) is 23.6 Å². The molecule has 5 nitrogen and oxygen atoms in total. The van der Waals surface area contributed by atoms with Crippen LogP contribution in [0.3, 0.4) is 0 Å². The number of nitrogen functional groups attached to an aromatic ring is 1. The van der Waals surface area contributed by atoms with Crippen molar-refractivity contribution in [3.8, 4) is 0 Å². The van der Waals surface area contributed by atoms with Gasteiger partial charge in [-0.3, -0.25) is 0 Å². The van der Waals surface area contributed by atoms with Gasteiger partial charge >= 0.3 is 0 Å². The van der Waals surface area contributed by atoms with E-state index < -0.39 is 0 Å². The summed E-state index contributed by atoms with van der Waals surface area (Å²) < 4.78 is 0. The smallest absolute Gasteiger partial charge is 0.0974 e. The predicted octanol–water partition coefficient (Wildman–Crippen LogP) is 3.76. The fraction of sp³-hybridized carbons (Fsp3) is 0.304. The second-order valence-corrected chi connectivity index (χ2v) is 8.76. The Morgan fingerprint density at radius 3 is 1.80 bits per heavy atom. The number of nitrogens with one attached hydrogen (secondary N) is 2. The van der Waals surface area contributed by atoms with Crippen LogP contribution in [-0.4, -0.2) is 23.1 Å². The van der Waals surface area contributed by atoms with Crippen LogP contribution in [-0.2, 0) is 19.5 Å². The minimum atomic E-state index is -0.00590. The molecule has 0 fully saturated rings. The molecule has 0 radical (unpaired) electrons. The standard InChI is InChI=1S/C23H29N5S2/c1-23(12-17-6-8-20(24)9-7-17,15-25-13-18-4-2-10-27-21(18)29)16-26-14-19-5-3-11-28-22(19)30/h2-11,25-26H,12-16,24H2,1H3,(H,27,29)(H,28,30). The van der Waals surface area contributed by atoms with Crippen molar-refractivity contribution < 1.29 is 0 Å². The Morgan fingerprint density at radius 1 is 0.833 bits per heavy atom. The Balaban J connectivity index is 1.64. The van der Waals surface area contributed by atoms with Crippen LogP contribution < -0.4 is 16.4 Å². The summed E-state index contributed by atoms with van der Waals surface area (Å²) in [5.74, 6) is 0. The lowest BCUT2D eigenvalue weighted by molar-refractivity contribution is 0.283. The van der Waals surface area contributed by atoms with E-state index in [4.69, 9.17) is 5.73 Å². The number of hydrogen-bond acceptors (Lipinski definition) is 7. The van der Waals surface area contributed by atoms with Crippen molar-refractivity contribution in [3.05, 3.63) is 77.6 Å². The highest BCUT2D eigenvalue weighted by molar-refractivity contribution is 7.80. The van der Waals surface area contributed by atoms with Crippen LogP contribution >= 0.6 is 25.3 Å². The highest BCUT2D eigenvalue weighted by atomic mass is 32.1. The molecule has 1 aromatic carbocycles. The lowest BCUT2D eigenvalue weighted by Crippen LogP contribution is -2.41. The Hall–Kier alpha value is -2.06. The van der Waals surface area contributed by atoms with Gasteiger partial charge in [0, 0.05) is 44.3 Å². The van der Waals surface area contributed by atoms with E-state index in [0.29, 0.717) is 0 Å². The lowest BCUT2D eigenvalue weighted by Gasteiger charge is -2.31. The van der Waals surface area contributed by atoms with E-state index in [1.807, 2.05) is 24.3 Å². The first-order valence-corrected chi connectivity index (χ1v) is 10.9. The maximum absolute atomic E-state index is 5.86. The van der Waals surface area contributed by atoms with Crippen molar-refractivity contribution in [1.29, 1.82) is 0 Å². The fourth-order valence-electron chi connectivity index (χ4n) is 3.45. The first-order valence-electron chi connectivity index (χ1n) is 9.97. The molecular weight excluding hydrogens is 410 g/mol. The zero-order chi connectivity index (χ0) is 21.4. The van der Waals surface area contributed by atoms with Crippen molar-refractivity contribution in [2.24, 2.45) is 5.41 Å². The van der Waals surface area contributed by atoms with Crippen molar-refractivity contribution >= 4 is 30.9 Å². The first kappa shape index (κ1) is 22.6. The van der Waals surface area contributed by atoms with Gasteiger partial charge < -0.3 is 16.4 Å². The number of rotatable bonds is 10. The molecule has 4 N–H and O–H groups in total. The van der Waals surface area contributed by atoms with E-state index in [9.17, 15) is 0 Å². The van der Waals surface area contributed by atoms with Crippen molar-refractivity contribution in [1.82, 2.24) is 20.6 Å². The predicted molar refractivity (Wildman–Crippen MR) is 129 cm³/mol. The second-order valence-electron chi connectivity index (χ2n) is 7.91. The third kappa shape index (κ3) is 6.74. The first-order chi connectivity index (χ1) is 14.5. The summed E-state index contributed by atoms with van der Waals surface area (Å²) in [6.07, 6.45) is 4.44. The van der Waals surface area contributed by atoms with Crippen LogP contribution in [0, 0.1) is 5.41 Å². The molecule has 0 spiro atoms. The number of anilines is 1. The molecule has 0 aliphatic heterocycles. The van der Waals surface area contributed by atoms with Gasteiger partial charge in [-0.2, -0.15) is 0 Å². The number of hydrogen-bond donors (Lipinski definition) is 5. The van der Waals surface area contributed by atoms with Crippen LogP contribution in [0.2, 0.25) is 0 Å². The topological polar surface area (TPSA) is 75.9 Å². The van der Waals surface area contributed by atoms with Gasteiger partial charge in [0.2, 0.25) is 0 Å². The molecule has 158 valence electrons. The van der Waals surface area contributed by atoms with Crippen LogP contribution in [0.4, 0.5) is 5.69 Å². The zero-order valence-electron chi connectivity index (χ0n) is 17.2. The van der Waals surface area contributed by atoms with Crippen molar-refractivity contribution in [2.75, 3.05) is 18.8 Å². The fourth-order valence-corrected chi connectivity index (χ4v) is 3.89. The maximum Gasteiger partial charge on any atom is 0.0974 e. The molecule has 0 aliphatic rings. The van der Waals surface area contributed by atoms with E-state index >= 15 is 0 Å². The Bertz CT molecular complexity index is 895. The summed E-state index contributed by atoms with van der Waals surface area (Å²) in [6.45, 7) is 5.43. The summed E-state index contributed by atoms with van der Waals surface area (Å²) in [4.78, 5) is 8.50. The van der Waals surface area contributed by atoms with Crippen LogP contribution in [0.5, 0.6) is 0 Å². The average Bonchev–Trinajstić information content (AvgIpc) is 2.73. The summed E-state index contributed by atoms with van der Waals surface area (Å²) >= 11 is 8.90. The van der Waals surface area contributed by atoms with E-state index in [0.717, 1.165) is 59.5 Å². The molecule has 0 saturated heterocycles. The Kier molecular flexibility index (Phi) is 8.16. The van der Waals surface area contributed by atoms with Gasteiger partial charge in [0.25, 0.3) is 0 Å². The average molecular weight is 440 g/mol. The summed E-state index contributed by atoms with van der Waals surface area (Å²) in [5, 5.41) is 8.72. The third-order valence-electron chi connectivity index (χ3n) is 5.08. The van der Waals surface area contributed by atoms with Gasteiger partial charge in [-0.25, -0.2) is 9.97 Å². The van der Waals surface area contributed by atoms with E-state index in [-0.39, 0.29) is 5.41 Å². The van der Waals surface area contributed by atoms with Crippen molar-refractivity contribution in [2.45, 2.75) is 36.5 Å². The summed E-state index contributed by atoms with van der Waals surface area (Å²) in [7, 11) is 0. The van der Waals surface area contributed by atoms with Gasteiger partial charge in [0.1, 0.15) is 0 Å². The molecule has 0 atom stereocenters. The Morgan fingerprint density at radius 2 is 1.33 bits per heavy atom. The number of pyridine rings is 2. The monoisotopic (exact) mass is 439 g/mol.